The number of pyridine rings is 1. The zero-order valence-corrected chi connectivity index (χ0v) is 11.3. The van der Waals surface area contributed by atoms with Crippen molar-refractivity contribution >= 4 is 11.9 Å². The predicted octanol–water partition coefficient (Wildman–Crippen LogP) is 1.06. The molecule has 1 aliphatic rings. The summed E-state index contributed by atoms with van der Waals surface area (Å²) in [5, 5.41) is 11.6. The van der Waals surface area contributed by atoms with Crippen LogP contribution in [0.15, 0.2) is 17.1 Å². The number of aromatic nitrogens is 1. The number of hydrogen-bond acceptors (Lipinski definition) is 3. The van der Waals surface area contributed by atoms with Crippen LogP contribution in [0.1, 0.15) is 41.7 Å². The van der Waals surface area contributed by atoms with Gasteiger partial charge in [-0.25, -0.2) is 4.79 Å². The summed E-state index contributed by atoms with van der Waals surface area (Å²) in [5.41, 5.74) is 0.179. The van der Waals surface area contributed by atoms with E-state index in [-0.39, 0.29) is 5.56 Å². The van der Waals surface area contributed by atoms with Crippen LogP contribution in [0.5, 0.6) is 0 Å². The predicted molar refractivity (Wildman–Crippen MR) is 72.6 cm³/mol. The van der Waals surface area contributed by atoms with Crippen LogP contribution in [-0.4, -0.2) is 28.0 Å². The Morgan fingerprint density at radius 1 is 1.50 bits per heavy atom. The lowest BCUT2D eigenvalue weighted by atomic mass is 9.81. The number of amides is 1. The Hall–Kier alpha value is -2.11. The first-order valence-electron chi connectivity index (χ1n) is 6.70. The summed E-state index contributed by atoms with van der Waals surface area (Å²) in [6.45, 7) is 1.71. The second kappa shape index (κ2) is 5.90. The molecule has 1 aromatic rings. The lowest BCUT2D eigenvalue weighted by Crippen LogP contribution is -2.44. The quantitative estimate of drug-likeness (QED) is 0.749. The largest absolute Gasteiger partial charge is 0.480 e. The number of carboxylic acid groups (broad SMARTS) is 1. The van der Waals surface area contributed by atoms with Crippen molar-refractivity contribution < 1.29 is 14.7 Å². The van der Waals surface area contributed by atoms with E-state index < -0.39 is 23.3 Å². The summed E-state index contributed by atoms with van der Waals surface area (Å²) in [5.74, 6) is -1.35. The third kappa shape index (κ3) is 3.26. The van der Waals surface area contributed by atoms with Gasteiger partial charge in [0.15, 0.2) is 5.43 Å². The number of aromatic amines is 1. The number of nitrogens with one attached hydrogen (secondary N) is 2. The normalized spacial score (nSPS) is 16.2. The van der Waals surface area contributed by atoms with E-state index in [1.807, 2.05) is 0 Å². The van der Waals surface area contributed by atoms with Crippen LogP contribution < -0.4 is 10.7 Å². The van der Waals surface area contributed by atoms with Crippen LogP contribution >= 0.6 is 0 Å². The smallest absolute Gasteiger partial charge is 0.326 e. The highest BCUT2D eigenvalue weighted by Gasteiger charge is 2.28. The maximum Gasteiger partial charge on any atom is 0.326 e. The monoisotopic (exact) mass is 278 g/mol. The molecule has 1 aliphatic carbocycles. The van der Waals surface area contributed by atoms with Gasteiger partial charge in [0.05, 0.1) is 0 Å². The van der Waals surface area contributed by atoms with Crippen molar-refractivity contribution in [1.29, 1.82) is 0 Å². The highest BCUT2D eigenvalue weighted by molar-refractivity contribution is 5.96. The highest BCUT2D eigenvalue weighted by Crippen LogP contribution is 2.30. The van der Waals surface area contributed by atoms with Gasteiger partial charge in [-0.2, -0.15) is 0 Å². The van der Waals surface area contributed by atoms with Gasteiger partial charge in [0.25, 0.3) is 5.91 Å². The summed E-state index contributed by atoms with van der Waals surface area (Å²) in [6, 6.07) is 0.380. The van der Waals surface area contributed by atoms with Crippen LogP contribution in [0.4, 0.5) is 0 Å². The molecule has 0 radical (unpaired) electrons. The first-order chi connectivity index (χ1) is 9.47. The van der Waals surface area contributed by atoms with Gasteiger partial charge in [-0.15, -0.1) is 0 Å². The van der Waals surface area contributed by atoms with Gasteiger partial charge < -0.3 is 15.4 Å². The number of hydrogen-bond donors (Lipinski definition) is 3. The molecule has 108 valence electrons. The van der Waals surface area contributed by atoms with Gasteiger partial charge in [-0.3, -0.25) is 9.59 Å². The van der Waals surface area contributed by atoms with E-state index in [4.69, 9.17) is 5.11 Å². The van der Waals surface area contributed by atoms with Crippen molar-refractivity contribution in [3.8, 4) is 0 Å². The van der Waals surface area contributed by atoms with Crippen molar-refractivity contribution in [1.82, 2.24) is 10.3 Å². The molecule has 2 rings (SSSR count). The van der Waals surface area contributed by atoms with E-state index in [2.05, 4.69) is 10.3 Å². The lowest BCUT2D eigenvalue weighted by Gasteiger charge is -2.28. The third-order valence-electron chi connectivity index (χ3n) is 3.70. The minimum Gasteiger partial charge on any atom is -0.480 e. The minimum absolute atomic E-state index is 0.0598. The van der Waals surface area contributed by atoms with Crippen LogP contribution in [0.3, 0.4) is 0 Å². The molecule has 0 aliphatic heterocycles. The molecule has 1 fully saturated rings. The van der Waals surface area contributed by atoms with E-state index in [9.17, 15) is 14.4 Å². The van der Waals surface area contributed by atoms with Crippen molar-refractivity contribution in [3.05, 3.63) is 33.7 Å². The lowest BCUT2D eigenvalue weighted by molar-refractivity contribution is -0.139. The van der Waals surface area contributed by atoms with Gasteiger partial charge in [-0.1, -0.05) is 19.3 Å². The van der Waals surface area contributed by atoms with Crippen LogP contribution in [-0.2, 0) is 4.79 Å². The second-order valence-electron chi connectivity index (χ2n) is 5.29. The molecular weight excluding hydrogens is 260 g/mol. The summed E-state index contributed by atoms with van der Waals surface area (Å²) in [6.07, 6.45) is 4.86. The Bertz CT molecular complexity index is 575. The first kappa shape index (κ1) is 14.3. The van der Waals surface area contributed by atoms with Gasteiger partial charge in [0.2, 0.25) is 0 Å². The molecule has 3 N–H and O–H groups in total. The van der Waals surface area contributed by atoms with Crippen LogP contribution in [0, 0.1) is 12.8 Å². The fourth-order valence-corrected chi connectivity index (χ4v) is 2.27. The third-order valence-corrected chi connectivity index (χ3v) is 3.70. The van der Waals surface area contributed by atoms with E-state index in [0.717, 1.165) is 19.3 Å². The molecule has 0 saturated heterocycles. The van der Waals surface area contributed by atoms with E-state index >= 15 is 0 Å². The molecule has 6 heteroatoms. The number of aryl methyl sites for hydroxylation is 1. The molecule has 1 amide bonds. The fraction of sp³-hybridized carbons (Fsp3) is 0.500. The molecular formula is C14H18N2O4. The molecule has 20 heavy (non-hydrogen) atoms. The molecule has 0 spiro atoms. The SMILES string of the molecule is Cc1cc(=O)c(C(=O)N[C@H](CC2CCC2)C(=O)O)c[nH]1. The van der Waals surface area contributed by atoms with Gasteiger partial charge in [0.1, 0.15) is 11.6 Å². The van der Waals surface area contributed by atoms with Gasteiger partial charge in [-0.05, 0) is 19.3 Å². The number of rotatable bonds is 5. The summed E-state index contributed by atoms with van der Waals surface area (Å²) in [7, 11) is 0. The molecule has 0 aromatic carbocycles. The molecule has 0 bridgehead atoms. The standard InChI is InChI=1S/C14H18N2O4/c1-8-5-12(17)10(7-15-8)13(18)16-11(14(19)20)6-9-3-2-4-9/h5,7,9,11H,2-4,6H2,1H3,(H,15,17)(H,16,18)(H,19,20)/t11-/m1/s1. The number of aliphatic carboxylic acids is 1. The Balaban J connectivity index is 2.07. The van der Waals surface area contributed by atoms with E-state index in [1.54, 1.807) is 6.92 Å². The van der Waals surface area contributed by atoms with Gasteiger partial charge in [0, 0.05) is 18.0 Å². The maximum atomic E-state index is 12.0. The zero-order chi connectivity index (χ0) is 14.7. The van der Waals surface area contributed by atoms with Crippen molar-refractivity contribution in [3.63, 3.8) is 0 Å². The summed E-state index contributed by atoms with van der Waals surface area (Å²) < 4.78 is 0. The van der Waals surface area contributed by atoms with E-state index in [1.165, 1.54) is 12.3 Å². The number of carboxylic acids is 1. The van der Waals surface area contributed by atoms with Crippen molar-refractivity contribution in [2.75, 3.05) is 0 Å². The number of carbonyl (C=O) groups is 2. The zero-order valence-electron chi connectivity index (χ0n) is 11.3. The Morgan fingerprint density at radius 2 is 2.20 bits per heavy atom. The number of carbonyl (C=O) groups excluding carboxylic acids is 1. The van der Waals surface area contributed by atoms with Crippen LogP contribution in [0.2, 0.25) is 0 Å². The average molecular weight is 278 g/mol. The Kier molecular flexibility index (Phi) is 4.22. The molecule has 1 heterocycles. The molecule has 0 unspecified atom stereocenters. The summed E-state index contributed by atoms with van der Waals surface area (Å²) in [4.78, 5) is 37.6. The maximum absolute atomic E-state index is 12.0. The van der Waals surface area contributed by atoms with Crippen molar-refractivity contribution in [2.24, 2.45) is 5.92 Å². The van der Waals surface area contributed by atoms with Crippen molar-refractivity contribution in [2.45, 2.75) is 38.6 Å². The highest BCUT2D eigenvalue weighted by atomic mass is 16.4. The minimum atomic E-state index is -1.06. The first-order valence-corrected chi connectivity index (χ1v) is 6.70. The Labute approximate surface area is 116 Å². The molecule has 1 aromatic heterocycles. The molecule has 6 nitrogen and oxygen atoms in total. The average Bonchev–Trinajstić information content (AvgIpc) is 2.31. The Morgan fingerprint density at radius 3 is 2.70 bits per heavy atom. The second-order valence-corrected chi connectivity index (χ2v) is 5.29. The van der Waals surface area contributed by atoms with Gasteiger partial charge >= 0.3 is 5.97 Å². The van der Waals surface area contributed by atoms with Crippen LogP contribution in [0.25, 0.3) is 0 Å². The topological polar surface area (TPSA) is 99.3 Å². The molecule has 1 atom stereocenters. The number of H-pyrrole nitrogens is 1. The fourth-order valence-electron chi connectivity index (χ4n) is 2.27. The molecule has 1 saturated carbocycles. The summed E-state index contributed by atoms with van der Waals surface area (Å²) >= 11 is 0. The van der Waals surface area contributed by atoms with E-state index in [0.29, 0.717) is 18.0 Å².